The lowest BCUT2D eigenvalue weighted by molar-refractivity contribution is 0.126. The monoisotopic (exact) mass is 227 g/mol. The highest BCUT2D eigenvalue weighted by Crippen LogP contribution is 2.18. The number of hydrogen-bond acceptors (Lipinski definition) is 2. The van der Waals surface area contributed by atoms with E-state index in [1.54, 1.807) is 26.0 Å². The molecule has 0 aliphatic heterocycles. The van der Waals surface area contributed by atoms with E-state index in [9.17, 15) is 4.79 Å². The van der Waals surface area contributed by atoms with Crippen molar-refractivity contribution in [1.82, 2.24) is 0 Å². The van der Waals surface area contributed by atoms with Crippen molar-refractivity contribution in [3.8, 4) is 0 Å². The Kier molecular flexibility index (Phi) is 3.97. The number of halogens is 1. The Morgan fingerprint density at radius 2 is 1.87 bits per heavy atom. The highest BCUT2D eigenvalue weighted by molar-refractivity contribution is 6.35. The van der Waals surface area contributed by atoms with E-state index in [0.717, 1.165) is 9.98 Å². The van der Waals surface area contributed by atoms with Crippen LogP contribution in [-0.2, 0) is 4.74 Å². The normalized spacial score (nSPS) is 10.2. The second-order valence-electron chi connectivity index (χ2n) is 3.55. The average Bonchev–Trinajstić information content (AvgIpc) is 2.17. The van der Waals surface area contributed by atoms with E-state index in [2.05, 4.69) is 0 Å². The molecule has 0 spiro atoms. The summed E-state index contributed by atoms with van der Waals surface area (Å²) < 4.78 is 5.92. The SMILES string of the molecule is Cc1ccc(N(Cl)C(=O)OC(C)C)cc1. The summed E-state index contributed by atoms with van der Waals surface area (Å²) in [4.78, 5) is 11.4. The van der Waals surface area contributed by atoms with Crippen LogP contribution < -0.4 is 4.42 Å². The lowest BCUT2D eigenvalue weighted by atomic mass is 10.2. The van der Waals surface area contributed by atoms with Gasteiger partial charge < -0.3 is 4.74 Å². The molecule has 0 bridgehead atoms. The molecule has 1 aromatic carbocycles. The number of anilines is 1. The van der Waals surface area contributed by atoms with Crippen molar-refractivity contribution < 1.29 is 9.53 Å². The minimum absolute atomic E-state index is 0.177. The number of rotatable bonds is 2. The lowest BCUT2D eigenvalue weighted by Gasteiger charge is -2.15. The molecule has 0 radical (unpaired) electrons. The lowest BCUT2D eigenvalue weighted by Crippen LogP contribution is -2.24. The van der Waals surface area contributed by atoms with Crippen LogP contribution in [0.1, 0.15) is 19.4 Å². The van der Waals surface area contributed by atoms with E-state index < -0.39 is 6.09 Å². The van der Waals surface area contributed by atoms with Gasteiger partial charge in [0.15, 0.2) is 0 Å². The summed E-state index contributed by atoms with van der Waals surface area (Å²) in [6.07, 6.45) is -0.736. The molecule has 1 amide bonds. The zero-order chi connectivity index (χ0) is 11.4. The molecule has 3 nitrogen and oxygen atoms in total. The minimum Gasteiger partial charge on any atom is -0.446 e. The van der Waals surface area contributed by atoms with Crippen LogP contribution in [0, 0.1) is 6.92 Å². The second-order valence-corrected chi connectivity index (χ2v) is 3.89. The van der Waals surface area contributed by atoms with Crippen LogP contribution in [0.3, 0.4) is 0 Å². The van der Waals surface area contributed by atoms with Gasteiger partial charge in [-0.05, 0) is 32.9 Å². The first-order valence-electron chi connectivity index (χ1n) is 4.74. The van der Waals surface area contributed by atoms with Crippen LogP contribution in [0.4, 0.5) is 10.5 Å². The van der Waals surface area contributed by atoms with Crippen LogP contribution in [-0.4, -0.2) is 12.2 Å². The van der Waals surface area contributed by atoms with Gasteiger partial charge in [0.25, 0.3) is 0 Å². The first kappa shape index (κ1) is 11.9. The van der Waals surface area contributed by atoms with Gasteiger partial charge >= 0.3 is 6.09 Å². The molecule has 0 atom stereocenters. The fraction of sp³-hybridized carbons (Fsp3) is 0.364. The first-order chi connectivity index (χ1) is 7.00. The molecule has 0 unspecified atom stereocenters. The molecular weight excluding hydrogens is 214 g/mol. The summed E-state index contributed by atoms with van der Waals surface area (Å²) >= 11 is 5.81. The Balaban J connectivity index is 2.71. The fourth-order valence-electron chi connectivity index (χ4n) is 1.03. The van der Waals surface area contributed by atoms with E-state index in [0.29, 0.717) is 5.69 Å². The van der Waals surface area contributed by atoms with E-state index in [4.69, 9.17) is 16.5 Å². The van der Waals surface area contributed by atoms with E-state index in [1.807, 2.05) is 19.1 Å². The molecule has 0 aromatic heterocycles. The Hall–Kier alpha value is -1.22. The van der Waals surface area contributed by atoms with Gasteiger partial charge in [0.2, 0.25) is 0 Å². The number of carbonyl (C=O) groups excluding carboxylic acids is 1. The average molecular weight is 228 g/mol. The summed E-state index contributed by atoms with van der Waals surface area (Å²) in [5.74, 6) is 0. The van der Waals surface area contributed by atoms with E-state index in [1.165, 1.54) is 0 Å². The molecule has 1 rings (SSSR count). The van der Waals surface area contributed by atoms with Crippen molar-refractivity contribution in [2.45, 2.75) is 26.9 Å². The fourth-order valence-corrected chi connectivity index (χ4v) is 1.18. The number of carbonyl (C=O) groups is 1. The third-order valence-electron chi connectivity index (χ3n) is 1.76. The number of nitrogens with zero attached hydrogens (tertiary/aromatic N) is 1. The highest BCUT2D eigenvalue weighted by Gasteiger charge is 2.15. The third-order valence-corrected chi connectivity index (χ3v) is 2.09. The van der Waals surface area contributed by atoms with Gasteiger partial charge in [0.05, 0.1) is 11.8 Å². The Morgan fingerprint density at radius 1 is 1.33 bits per heavy atom. The van der Waals surface area contributed by atoms with Crippen molar-refractivity contribution in [2.75, 3.05) is 4.42 Å². The Labute approximate surface area is 94.7 Å². The standard InChI is InChI=1S/C11H14ClNO2/c1-8(2)15-11(14)13(12)10-6-4-9(3)5-7-10/h4-8H,1-3H3. The smallest absolute Gasteiger partial charge is 0.429 e. The van der Waals surface area contributed by atoms with Gasteiger partial charge in [0.1, 0.15) is 0 Å². The maximum Gasteiger partial charge on any atom is 0.429 e. The molecule has 15 heavy (non-hydrogen) atoms. The molecule has 0 saturated carbocycles. The van der Waals surface area contributed by atoms with Crippen LogP contribution in [0.2, 0.25) is 0 Å². The maximum absolute atomic E-state index is 11.4. The van der Waals surface area contributed by atoms with Gasteiger partial charge in [-0.2, -0.15) is 4.42 Å². The molecule has 0 heterocycles. The zero-order valence-electron chi connectivity index (χ0n) is 9.03. The zero-order valence-corrected chi connectivity index (χ0v) is 9.78. The number of aryl methyl sites for hydroxylation is 1. The third kappa shape index (κ3) is 3.44. The molecule has 0 aliphatic carbocycles. The molecule has 4 heteroatoms. The Morgan fingerprint density at radius 3 is 2.33 bits per heavy atom. The van der Waals surface area contributed by atoms with E-state index in [-0.39, 0.29) is 6.10 Å². The van der Waals surface area contributed by atoms with Gasteiger partial charge in [-0.15, -0.1) is 0 Å². The number of amides is 1. The molecule has 0 N–H and O–H groups in total. The highest BCUT2D eigenvalue weighted by atomic mass is 35.5. The van der Waals surface area contributed by atoms with Crippen LogP contribution in [0.15, 0.2) is 24.3 Å². The topological polar surface area (TPSA) is 29.5 Å². The minimum atomic E-state index is -0.560. The quantitative estimate of drug-likeness (QED) is 0.724. The van der Waals surface area contributed by atoms with Crippen LogP contribution >= 0.6 is 11.8 Å². The number of benzene rings is 1. The first-order valence-corrected chi connectivity index (χ1v) is 5.07. The van der Waals surface area contributed by atoms with Gasteiger partial charge in [0, 0.05) is 11.8 Å². The van der Waals surface area contributed by atoms with Gasteiger partial charge in [-0.25, -0.2) is 4.79 Å². The molecule has 0 saturated heterocycles. The molecule has 82 valence electrons. The van der Waals surface area contributed by atoms with Crippen molar-refractivity contribution in [2.24, 2.45) is 0 Å². The van der Waals surface area contributed by atoms with E-state index >= 15 is 0 Å². The van der Waals surface area contributed by atoms with Crippen LogP contribution in [0.25, 0.3) is 0 Å². The summed E-state index contributed by atoms with van der Waals surface area (Å²) in [5.41, 5.74) is 1.72. The maximum atomic E-state index is 11.4. The second kappa shape index (κ2) is 5.03. The summed E-state index contributed by atoms with van der Waals surface area (Å²) in [6.45, 7) is 5.52. The van der Waals surface area contributed by atoms with Crippen LogP contribution in [0.5, 0.6) is 0 Å². The predicted octanol–water partition coefficient (Wildman–Crippen LogP) is 3.50. The molecular formula is C11H14ClNO2. The summed E-state index contributed by atoms with van der Waals surface area (Å²) in [5, 5.41) is 0. The number of hydrogen-bond donors (Lipinski definition) is 0. The van der Waals surface area contributed by atoms with Crippen molar-refractivity contribution in [3.63, 3.8) is 0 Å². The van der Waals surface area contributed by atoms with Crippen molar-refractivity contribution >= 4 is 23.6 Å². The van der Waals surface area contributed by atoms with Gasteiger partial charge in [-0.1, -0.05) is 17.7 Å². The summed E-state index contributed by atoms with van der Waals surface area (Å²) in [7, 11) is 0. The molecule has 0 aliphatic rings. The Bertz CT molecular complexity index is 335. The van der Waals surface area contributed by atoms with Crippen molar-refractivity contribution in [3.05, 3.63) is 29.8 Å². The largest absolute Gasteiger partial charge is 0.446 e. The van der Waals surface area contributed by atoms with Crippen molar-refractivity contribution in [1.29, 1.82) is 0 Å². The molecule has 1 aromatic rings. The molecule has 0 fully saturated rings. The van der Waals surface area contributed by atoms with Gasteiger partial charge in [-0.3, -0.25) is 0 Å². The number of ether oxygens (including phenoxy) is 1. The predicted molar refractivity (Wildman–Crippen MR) is 61.1 cm³/mol. The summed E-state index contributed by atoms with van der Waals surface area (Å²) in [6, 6.07) is 7.30.